The van der Waals surface area contributed by atoms with E-state index in [-0.39, 0.29) is 5.56 Å². The largest absolute Gasteiger partial charge is 0.495 e. The summed E-state index contributed by atoms with van der Waals surface area (Å²) in [7, 11) is 1.56. The van der Waals surface area contributed by atoms with Gasteiger partial charge >= 0.3 is 6.03 Å². The first-order valence-electron chi connectivity index (χ1n) is 12.9. The van der Waals surface area contributed by atoms with Gasteiger partial charge in [0, 0.05) is 10.4 Å². The smallest absolute Gasteiger partial charge is 0.320 e. The van der Waals surface area contributed by atoms with Gasteiger partial charge < -0.3 is 15.4 Å². The van der Waals surface area contributed by atoms with Gasteiger partial charge in [0.15, 0.2) is 0 Å². The van der Waals surface area contributed by atoms with E-state index in [9.17, 15) is 9.59 Å². The number of carbonyl (C=O) groups excluding carboxylic acids is 1. The van der Waals surface area contributed by atoms with Crippen molar-refractivity contribution in [2.75, 3.05) is 12.4 Å². The summed E-state index contributed by atoms with van der Waals surface area (Å²) in [5, 5.41) is 6.63. The monoisotopic (exact) mass is 596 g/mol. The molecule has 0 bridgehead atoms. The minimum absolute atomic E-state index is 0.177. The molecular weight excluding hydrogens is 568 g/mol. The summed E-state index contributed by atoms with van der Waals surface area (Å²) >= 11 is 3.48. The molecule has 40 heavy (non-hydrogen) atoms. The number of aromatic nitrogens is 2. The molecule has 7 nitrogen and oxygen atoms in total. The maximum absolute atomic E-state index is 13.9. The molecular formula is C32H29BrN4O3. The van der Waals surface area contributed by atoms with Crippen LogP contribution >= 0.6 is 15.9 Å². The van der Waals surface area contributed by atoms with Crippen molar-refractivity contribution in [3.8, 4) is 11.4 Å². The Kier molecular flexibility index (Phi) is 7.71. The van der Waals surface area contributed by atoms with Crippen molar-refractivity contribution < 1.29 is 9.53 Å². The zero-order valence-electron chi connectivity index (χ0n) is 22.4. The van der Waals surface area contributed by atoms with Crippen molar-refractivity contribution in [3.63, 3.8) is 0 Å². The molecule has 0 aliphatic rings. The van der Waals surface area contributed by atoms with E-state index in [1.807, 2.05) is 98.8 Å². The average Bonchev–Trinajstić information content (AvgIpc) is 2.98. The number of nitrogens with zero attached hydrogens (tertiary/aromatic N) is 2. The van der Waals surface area contributed by atoms with E-state index in [0.29, 0.717) is 33.9 Å². The van der Waals surface area contributed by atoms with Crippen molar-refractivity contribution in [2.24, 2.45) is 0 Å². The Hall–Kier alpha value is -4.43. The summed E-state index contributed by atoms with van der Waals surface area (Å²) in [5.41, 5.74) is 1.54. The second-order valence-corrected chi connectivity index (χ2v) is 10.6. The van der Waals surface area contributed by atoms with Crippen LogP contribution in [0.25, 0.3) is 16.6 Å². The third-order valence-electron chi connectivity index (χ3n) is 7.24. The Bertz CT molecular complexity index is 1720. The number of rotatable bonds is 7. The Morgan fingerprint density at radius 3 is 2.30 bits per heavy atom. The van der Waals surface area contributed by atoms with Crippen molar-refractivity contribution in [2.45, 2.75) is 25.3 Å². The number of amides is 2. The Morgan fingerprint density at radius 2 is 1.57 bits per heavy atom. The van der Waals surface area contributed by atoms with Crippen LogP contribution < -0.4 is 20.9 Å². The lowest BCUT2D eigenvalue weighted by atomic mass is 9.79. The number of benzene rings is 4. The predicted molar refractivity (Wildman–Crippen MR) is 162 cm³/mol. The number of halogens is 1. The van der Waals surface area contributed by atoms with E-state index in [2.05, 4.69) is 26.6 Å². The average molecular weight is 598 g/mol. The number of carbonyl (C=O) groups is 1. The number of hydrogen-bond acceptors (Lipinski definition) is 4. The number of anilines is 1. The summed E-state index contributed by atoms with van der Waals surface area (Å²) in [5.74, 6) is 0.627. The molecule has 4 aromatic carbocycles. The van der Waals surface area contributed by atoms with Crippen LogP contribution in [0.4, 0.5) is 10.5 Å². The van der Waals surface area contributed by atoms with Crippen LogP contribution in [0.3, 0.4) is 0 Å². The summed E-state index contributed by atoms with van der Waals surface area (Å²) < 4.78 is 7.95. The van der Waals surface area contributed by atoms with Crippen LogP contribution in [0.15, 0.2) is 112 Å². The molecule has 2 atom stereocenters. The molecule has 0 fully saturated rings. The van der Waals surface area contributed by atoms with Crippen LogP contribution in [0, 0.1) is 0 Å². The fourth-order valence-corrected chi connectivity index (χ4v) is 5.15. The van der Waals surface area contributed by atoms with Gasteiger partial charge in [-0.05, 0) is 61.0 Å². The molecule has 0 aliphatic heterocycles. The fraction of sp³-hybridized carbons (Fsp3) is 0.156. The molecule has 1 heterocycles. The van der Waals surface area contributed by atoms with E-state index in [1.165, 1.54) is 0 Å². The highest BCUT2D eigenvalue weighted by Gasteiger charge is 2.39. The van der Waals surface area contributed by atoms with Gasteiger partial charge in [-0.2, -0.15) is 0 Å². The van der Waals surface area contributed by atoms with Crippen LogP contribution in [-0.2, 0) is 5.54 Å². The van der Waals surface area contributed by atoms with E-state index >= 15 is 0 Å². The van der Waals surface area contributed by atoms with Gasteiger partial charge in [0.25, 0.3) is 5.56 Å². The molecule has 2 amide bonds. The van der Waals surface area contributed by atoms with E-state index in [1.54, 1.807) is 29.9 Å². The number of hydrogen-bond donors (Lipinski definition) is 2. The van der Waals surface area contributed by atoms with Crippen LogP contribution in [0.1, 0.15) is 31.2 Å². The number of nitrogens with one attached hydrogen (secondary N) is 2. The summed E-state index contributed by atoms with van der Waals surface area (Å²) in [4.78, 5) is 32.4. The molecule has 2 N–H and O–H groups in total. The first-order chi connectivity index (χ1) is 19.3. The highest BCUT2D eigenvalue weighted by molar-refractivity contribution is 9.10. The van der Waals surface area contributed by atoms with Gasteiger partial charge in [-0.3, -0.25) is 9.36 Å². The van der Waals surface area contributed by atoms with E-state index < -0.39 is 17.5 Å². The molecule has 0 saturated carbocycles. The minimum Gasteiger partial charge on any atom is -0.495 e. The normalized spacial score (nSPS) is 13.3. The lowest BCUT2D eigenvalue weighted by Crippen LogP contribution is -2.50. The maximum atomic E-state index is 13.9. The number of ether oxygens (including phenoxy) is 1. The van der Waals surface area contributed by atoms with Crippen molar-refractivity contribution in [3.05, 3.63) is 129 Å². The van der Waals surface area contributed by atoms with Crippen molar-refractivity contribution in [1.29, 1.82) is 0 Å². The van der Waals surface area contributed by atoms with E-state index in [0.717, 1.165) is 10.0 Å². The molecule has 1 aromatic heterocycles. The molecule has 0 aliphatic carbocycles. The Balaban J connectivity index is 1.65. The van der Waals surface area contributed by atoms with Crippen LogP contribution in [-0.4, -0.2) is 22.7 Å². The first-order valence-corrected chi connectivity index (χ1v) is 13.7. The highest BCUT2D eigenvalue weighted by atomic mass is 79.9. The number of fused-ring (bicyclic) bond motifs is 1. The van der Waals surface area contributed by atoms with Crippen molar-refractivity contribution in [1.82, 2.24) is 14.9 Å². The second-order valence-electron chi connectivity index (χ2n) is 9.67. The number of urea groups is 1. The molecule has 5 aromatic rings. The van der Waals surface area contributed by atoms with Crippen LogP contribution in [0.2, 0.25) is 0 Å². The zero-order chi connectivity index (χ0) is 28.3. The van der Waals surface area contributed by atoms with Gasteiger partial charge in [-0.15, -0.1) is 0 Å². The summed E-state index contributed by atoms with van der Waals surface area (Å²) in [6, 6.07) is 31.3. The third kappa shape index (κ3) is 5.22. The van der Waals surface area contributed by atoms with Gasteiger partial charge in [-0.25, -0.2) is 9.78 Å². The van der Waals surface area contributed by atoms with Gasteiger partial charge in [0.2, 0.25) is 0 Å². The zero-order valence-corrected chi connectivity index (χ0v) is 24.0. The second kappa shape index (κ2) is 11.4. The first kappa shape index (κ1) is 27.1. The standard InChI is InChI=1S/C32H29BrN4O3/c1-21(29-34-26-14-8-7-13-25(26)30(38)37(29)24-19-17-23(33)18-20-24)32(2,22-11-5-4-6-12-22)36-31(39)35-27-15-9-10-16-28(27)40-3/h4-21H,1-3H3,(H2,35,36,39). The molecule has 0 spiro atoms. The molecule has 2 unspecified atom stereocenters. The van der Waals surface area contributed by atoms with Gasteiger partial charge in [0.1, 0.15) is 11.6 Å². The Morgan fingerprint density at radius 1 is 0.925 bits per heavy atom. The number of methoxy groups -OCH3 is 1. The molecule has 202 valence electrons. The van der Waals surface area contributed by atoms with Gasteiger partial charge in [-0.1, -0.05) is 77.5 Å². The number of para-hydroxylation sites is 3. The third-order valence-corrected chi connectivity index (χ3v) is 7.77. The fourth-order valence-electron chi connectivity index (χ4n) is 4.89. The topological polar surface area (TPSA) is 85.2 Å². The molecule has 0 saturated heterocycles. The summed E-state index contributed by atoms with van der Waals surface area (Å²) in [6.45, 7) is 3.92. The predicted octanol–water partition coefficient (Wildman–Crippen LogP) is 7.00. The maximum Gasteiger partial charge on any atom is 0.320 e. The van der Waals surface area contributed by atoms with Crippen molar-refractivity contribution >= 4 is 38.6 Å². The molecule has 5 rings (SSSR count). The van der Waals surface area contributed by atoms with Gasteiger partial charge in [0.05, 0.1) is 34.9 Å². The van der Waals surface area contributed by atoms with Crippen LogP contribution in [0.5, 0.6) is 5.75 Å². The highest BCUT2D eigenvalue weighted by Crippen LogP contribution is 2.37. The Labute approximate surface area is 241 Å². The quantitative estimate of drug-likeness (QED) is 0.212. The molecule has 8 heteroatoms. The minimum atomic E-state index is -0.966. The van der Waals surface area contributed by atoms with E-state index in [4.69, 9.17) is 9.72 Å². The summed E-state index contributed by atoms with van der Waals surface area (Å²) in [6.07, 6.45) is 0. The molecule has 0 radical (unpaired) electrons. The lowest BCUT2D eigenvalue weighted by molar-refractivity contribution is 0.231. The SMILES string of the molecule is COc1ccccc1NC(=O)NC(C)(c1ccccc1)C(C)c1nc2ccccc2c(=O)n1-c1ccc(Br)cc1. The lowest BCUT2D eigenvalue weighted by Gasteiger charge is -2.37.